The summed E-state index contributed by atoms with van der Waals surface area (Å²) in [4.78, 5) is 0. The van der Waals surface area contributed by atoms with Crippen molar-refractivity contribution < 1.29 is 16.4 Å². The number of hydrogen-bond donors (Lipinski definition) is 0. The molecule has 0 N–H and O–H groups in total. The third-order valence-electron chi connectivity index (χ3n) is 0. The second-order valence-electron chi connectivity index (χ2n) is 0. The third-order valence-corrected chi connectivity index (χ3v) is 0. The van der Waals surface area contributed by atoms with E-state index in [1.165, 1.54) is 0 Å². The molecular formula is Al2O3Si2. The van der Waals surface area contributed by atoms with Crippen LogP contribution in [0.2, 0.25) is 0 Å². The Kier molecular flexibility index (Phi) is 5420. The van der Waals surface area contributed by atoms with E-state index in [-0.39, 0.29) is 73.1 Å². The molecule has 0 aliphatic carbocycles. The van der Waals surface area contributed by atoms with Crippen LogP contribution >= 0.6 is 0 Å². The van der Waals surface area contributed by atoms with Gasteiger partial charge in [0, 0.05) is 21.9 Å². The Labute approximate surface area is 73.1 Å². The van der Waals surface area contributed by atoms with Crippen molar-refractivity contribution >= 4 is 56.7 Å². The van der Waals surface area contributed by atoms with Crippen LogP contribution in [0.4, 0.5) is 0 Å². The van der Waals surface area contributed by atoms with E-state index in [2.05, 4.69) is 0 Å². The molecule has 0 unspecified atom stereocenters. The molecule has 0 bridgehead atoms. The quantitative estimate of drug-likeness (QED) is 0.369. The molecule has 32 valence electrons. The molecule has 0 saturated heterocycles. The minimum atomic E-state index is 0. The van der Waals surface area contributed by atoms with E-state index in [4.69, 9.17) is 0 Å². The first-order chi connectivity index (χ1) is 0. The van der Waals surface area contributed by atoms with Crippen molar-refractivity contribution in [3.05, 3.63) is 0 Å². The van der Waals surface area contributed by atoms with E-state index in [1.54, 1.807) is 0 Å². The molecule has 0 atom stereocenters. The van der Waals surface area contributed by atoms with Gasteiger partial charge in [-0.05, 0) is 0 Å². The maximum Gasteiger partial charge on any atom is 3.00 e. The summed E-state index contributed by atoms with van der Waals surface area (Å²) < 4.78 is 0. The second kappa shape index (κ2) is 158. The van der Waals surface area contributed by atoms with E-state index in [0.29, 0.717) is 0 Å². The normalized spacial score (nSPS) is 0. The van der Waals surface area contributed by atoms with Crippen molar-refractivity contribution in [3.8, 4) is 0 Å². The molecule has 0 saturated carbocycles. The molecule has 0 aromatic heterocycles. The topological polar surface area (TPSA) is 85.5 Å². The van der Waals surface area contributed by atoms with Crippen LogP contribution in [-0.2, 0) is 16.4 Å². The summed E-state index contributed by atoms with van der Waals surface area (Å²) in [6, 6.07) is 0. The van der Waals surface area contributed by atoms with Gasteiger partial charge in [-0.1, -0.05) is 0 Å². The molecule has 0 aliphatic heterocycles. The van der Waals surface area contributed by atoms with Gasteiger partial charge in [0.15, 0.2) is 0 Å². The molecule has 0 aromatic carbocycles. The first-order valence-corrected chi connectivity index (χ1v) is 0. The summed E-state index contributed by atoms with van der Waals surface area (Å²) in [5.74, 6) is 0. The maximum atomic E-state index is 0. The van der Waals surface area contributed by atoms with Gasteiger partial charge in [0.2, 0.25) is 0 Å². The van der Waals surface area contributed by atoms with Crippen molar-refractivity contribution in [1.82, 2.24) is 0 Å². The molecular weight excluding hydrogens is 158 g/mol. The molecule has 0 aliphatic rings. The van der Waals surface area contributed by atoms with Crippen LogP contribution < -0.4 is 0 Å². The van der Waals surface area contributed by atoms with Crippen molar-refractivity contribution in [2.75, 3.05) is 0 Å². The molecule has 0 heterocycles. The summed E-state index contributed by atoms with van der Waals surface area (Å²) in [5, 5.41) is 0. The average Bonchev–Trinajstić information content (AvgIpc) is 0. The molecule has 0 fully saturated rings. The van der Waals surface area contributed by atoms with Crippen LogP contribution in [0, 0.1) is 0 Å². The smallest absolute Gasteiger partial charge is 2.00 e. The summed E-state index contributed by atoms with van der Waals surface area (Å²) in [6.45, 7) is 0. The Morgan fingerprint density at radius 3 is 0.429 bits per heavy atom. The van der Waals surface area contributed by atoms with E-state index in [1.807, 2.05) is 0 Å². The second-order valence-corrected chi connectivity index (χ2v) is 0. The molecule has 0 aromatic rings. The van der Waals surface area contributed by atoms with Gasteiger partial charge in [-0.15, -0.1) is 0 Å². The van der Waals surface area contributed by atoms with E-state index < -0.39 is 0 Å². The zero-order valence-corrected chi connectivity index (χ0v) is 7.69. The van der Waals surface area contributed by atoms with Gasteiger partial charge in [0.05, 0.1) is 0 Å². The summed E-state index contributed by atoms with van der Waals surface area (Å²) in [5.41, 5.74) is 0. The van der Waals surface area contributed by atoms with Gasteiger partial charge in [-0.3, -0.25) is 0 Å². The monoisotopic (exact) mass is 158 g/mol. The number of hydrogen-bond acceptors (Lipinski definition) is 0. The minimum Gasteiger partial charge on any atom is -2.00 e. The SMILES string of the molecule is [Al+3].[Al+3].[O-2].[O-2].[O-2].[Si].[Si]. The standard InChI is InChI=1S/2Al.3O.2Si/q2*+3;3*-2;;. The molecule has 0 rings (SSSR count). The fourth-order valence-corrected chi connectivity index (χ4v) is 0. The fourth-order valence-electron chi connectivity index (χ4n) is 0. The zero-order chi connectivity index (χ0) is 0. The van der Waals surface area contributed by atoms with Gasteiger partial charge in [-0.2, -0.15) is 0 Å². The molecule has 7 heavy (non-hydrogen) atoms. The summed E-state index contributed by atoms with van der Waals surface area (Å²) >= 11 is 0. The Morgan fingerprint density at radius 1 is 0.429 bits per heavy atom. The van der Waals surface area contributed by atoms with Crippen LogP contribution in [0.25, 0.3) is 0 Å². The predicted molar refractivity (Wildman–Crippen MR) is 25.1 cm³/mol. The number of rotatable bonds is 0. The zero-order valence-electron chi connectivity index (χ0n) is 3.38. The van der Waals surface area contributed by atoms with Crippen LogP contribution in [0.3, 0.4) is 0 Å². The van der Waals surface area contributed by atoms with Gasteiger partial charge in [-0.25, -0.2) is 0 Å². The fraction of sp³-hybridized carbons (Fsp3) is 0. The predicted octanol–water partition coefficient (Wildman–Crippen LogP) is -1.88. The van der Waals surface area contributed by atoms with Gasteiger partial charge >= 0.3 is 34.7 Å². The molecule has 3 nitrogen and oxygen atoms in total. The summed E-state index contributed by atoms with van der Waals surface area (Å²) in [7, 11) is 0. The van der Waals surface area contributed by atoms with E-state index in [0.717, 1.165) is 0 Å². The van der Waals surface area contributed by atoms with Crippen molar-refractivity contribution in [2.45, 2.75) is 0 Å². The largest absolute Gasteiger partial charge is 3.00 e. The average molecular weight is 158 g/mol. The third kappa shape index (κ3) is 112. The molecule has 0 amide bonds. The summed E-state index contributed by atoms with van der Waals surface area (Å²) in [6.07, 6.45) is 0. The Morgan fingerprint density at radius 2 is 0.429 bits per heavy atom. The molecule has 7 heteroatoms. The van der Waals surface area contributed by atoms with Crippen molar-refractivity contribution in [2.24, 2.45) is 0 Å². The molecule has 0 spiro atoms. The first kappa shape index (κ1) is 240. The van der Waals surface area contributed by atoms with Crippen LogP contribution in [0.15, 0.2) is 0 Å². The van der Waals surface area contributed by atoms with Crippen LogP contribution in [0.1, 0.15) is 0 Å². The van der Waals surface area contributed by atoms with Crippen LogP contribution in [0.5, 0.6) is 0 Å². The van der Waals surface area contributed by atoms with Gasteiger partial charge in [0.25, 0.3) is 0 Å². The maximum absolute atomic E-state index is 0. The Hall–Kier alpha value is 1.38. The van der Waals surface area contributed by atoms with Crippen molar-refractivity contribution in [3.63, 3.8) is 0 Å². The van der Waals surface area contributed by atoms with Gasteiger partial charge < -0.3 is 16.4 Å². The first-order valence-electron chi connectivity index (χ1n) is 0. The van der Waals surface area contributed by atoms with Gasteiger partial charge in [0.1, 0.15) is 0 Å². The molecule has 8 radical (unpaired) electrons. The Bertz CT molecular complexity index is 10.9. The van der Waals surface area contributed by atoms with E-state index in [9.17, 15) is 0 Å². The van der Waals surface area contributed by atoms with Crippen molar-refractivity contribution in [1.29, 1.82) is 0 Å². The van der Waals surface area contributed by atoms with E-state index >= 15 is 0 Å². The Balaban J connectivity index is 0. The van der Waals surface area contributed by atoms with Crippen LogP contribution in [-0.4, -0.2) is 56.7 Å². The minimum absolute atomic E-state index is 0.